The summed E-state index contributed by atoms with van der Waals surface area (Å²) in [5.74, 6) is 0.901. The SMILES string of the molecule is Nc1nc(Cl)cc(-c2nn(C(S)(S)S)cc2Cc2ccccc2OCCN2C[C@H]3C[C@@H]2CO3)n1. The van der Waals surface area contributed by atoms with Crippen LogP contribution in [0.3, 0.4) is 0 Å². The van der Waals surface area contributed by atoms with Gasteiger partial charge in [-0.2, -0.15) is 5.10 Å². The molecular weight excluding hydrogens is 512 g/mol. The first-order chi connectivity index (χ1) is 16.3. The van der Waals surface area contributed by atoms with Crippen LogP contribution >= 0.6 is 49.5 Å². The number of benzene rings is 1. The first-order valence-corrected chi connectivity index (χ1v) is 12.6. The lowest BCUT2D eigenvalue weighted by Gasteiger charge is -2.26. The highest BCUT2D eigenvalue weighted by molar-refractivity contribution is 8.15. The number of nitrogen functional groups attached to an aromatic ring is 1. The molecule has 3 aromatic rings. The van der Waals surface area contributed by atoms with Gasteiger partial charge in [-0.3, -0.25) is 4.90 Å². The monoisotopic (exact) mass is 536 g/mol. The molecule has 2 aromatic heterocycles. The van der Waals surface area contributed by atoms with Crippen LogP contribution in [-0.4, -0.2) is 63.1 Å². The van der Waals surface area contributed by atoms with Crippen LogP contribution in [0.4, 0.5) is 5.95 Å². The molecule has 12 heteroatoms. The largest absolute Gasteiger partial charge is 0.492 e. The molecule has 4 heterocycles. The standard InChI is InChI=1S/C22H25ClN6O2S3/c23-19-9-17(25-21(24)26-19)20-14(10-29(27-20)22(32,33)34)7-13-3-1-2-4-18(13)30-6-5-28-11-16-8-15(28)12-31-16/h1-4,9-10,15-16,32-34H,5-8,11-12H2,(H2,24,25,26)/t15-,16-/m1/s1. The van der Waals surface area contributed by atoms with Crippen LogP contribution in [0.25, 0.3) is 11.4 Å². The van der Waals surface area contributed by atoms with E-state index in [4.69, 9.17) is 26.8 Å². The van der Waals surface area contributed by atoms with Crippen LogP contribution in [0.2, 0.25) is 5.15 Å². The maximum atomic E-state index is 6.22. The molecule has 5 rings (SSSR count). The van der Waals surface area contributed by atoms with Gasteiger partial charge in [0.2, 0.25) is 5.95 Å². The van der Waals surface area contributed by atoms with Crippen LogP contribution in [0.15, 0.2) is 36.5 Å². The van der Waals surface area contributed by atoms with Gasteiger partial charge in [0.1, 0.15) is 23.2 Å². The Morgan fingerprint density at radius 2 is 2.03 bits per heavy atom. The number of anilines is 1. The van der Waals surface area contributed by atoms with Gasteiger partial charge in [0, 0.05) is 43.4 Å². The topological polar surface area (TPSA) is 91.3 Å². The Hall–Kier alpha value is -1.63. The van der Waals surface area contributed by atoms with E-state index in [1.165, 1.54) is 0 Å². The second-order valence-electron chi connectivity index (χ2n) is 8.45. The molecule has 2 fully saturated rings. The average Bonchev–Trinajstić information content (AvgIpc) is 3.50. The van der Waals surface area contributed by atoms with Crippen molar-refractivity contribution in [3.63, 3.8) is 0 Å². The third-order valence-corrected chi connectivity index (χ3v) is 6.86. The Morgan fingerprint density at radius 1 is 1.21 bits per heavy atom. The third kappa shape index (κ3) is 5.29. The van der Waals surface area contributed by atoms with Crippen LogP contribution < -0.4 is 10.5 Å². The molecule has 2 bridgehead atoms. The Kier molecular flexibility index (Phi) is 6.93. The van der Waals surface area contributed by atoms with Crippen molar-refractivity contribution in [2.75, 3.05) is 32.0 Å². The fraction of sp³-hybridized carbons (Fsp3) is 0.409. The minimum Gasteiger partial charge on any atom is -0.492 e. The van der Waals surface area contributed by atoms with Gasteiger partial charge < -0.3 is 15.2 Å². The normalized spacial score (nSPS) is 20.2. The highest BCUT2D eigenvalue weighted by Crippen LogP contribution is 2.35. The average molecular weight is 537 g/mol. The zero-order chi connectivity index (χ0) is 23.9. The Morgan fingerprint density at radius 3 is 2.74 bits per heavy atom. The van der Waals surface area contributed by atoms with Crippen LogP contribution in [0, 0.1) is 0 Å². The summed E-state index contributed by atoms with van der Waals surface area (Å²) in [5.41, 5.74) is 8.83. The predicted octanol–water partition coefficient (Wildman–Crippen LogP) is 3.38. The second kappa shape index (κ2) is 9.79. The van der Waals surface area contributed by atoms with Crippen LogP contribution in [0.1, 0.15) is 17.5 Å². The highest BCUT2D eigenvalue weighted by atomic mass is 35.5. The summed E-state index contributed by atoms with van der Waals surface area (Å²) in [6, 6.07) is 10.1. The van der Waals surface area contributed by atoms with Crippen LogP contribution in [0.5, 0.6) is 5.75 Å². The molecule has 8 nitrogen and oxygen atoms in total. The number of para-hydroxylation sites is 1. The van der Waals surface area contributed by atoms with Crippen molar-refractivity contribution in [2.45, 2.75) is 28.5 Å². The molecule has 2 aliphatic rings. The predicted molar refractivity (Wildman–Crippen MR) is 142 cm³/mol. The van der Waals surface area contributed by atoms with Crippen molar-refractivity contribution in [1.29, 1.82) is 0 Å². The van der Waals surface area contributed by atoms with E-state index in [9.17, 15) is 0 Å². The minimum atomic E-state index is -1.11. The number of halogens is 1. The summed E-state index contributed by atoms with van der Waals surface area (Å²) >= 11 is 19.4. The van der Waals surface area contributed by atoms with Gasteiger partial charge in [-0.15, -0.1) is 37.9 Å². The molecule has 180 valence electrons. The molecule has 34 heavy (non-hydrogen) atoms. The van der Waals surface area contributed by atoms with Gasteiger partial charge in [-0.05, 0) is 18.1 Å². The van der Waals surface area contributed by atoms with E-state index in [0.29, 0.717) is 36.6 Å². The number of likely N-dealkylation sites (tertiary alicyclic amines) is 1. The molecule has 2 saturated heterocycles. The van der Waals surface area contributed by atoms with Gasteiger partial charge in [0.25, 0.3) is 0 Å². The van der Waals surface area contributed by atoms with E-state index in [2.05, 4.69) is 57.9 Å². The maximum absolute atomic E-state index is 6.22. The van der Waals surface area contributed by atoms with Crippen molar-refractivity contribution in [2.24, 2.45) is 0 Å². The summed E-state index contributed by atoms with van der Waals surface area (Å²) in [6.07, 6.45) is 3.89. The van der Waals surface area contributed by atoms with E-state index in [-0.39, 0.29) is 11.1 Å². The lowest BCUT2D eigenvalue weighted by molar-refractivity contribution is 0.0257. The number of hydrogen-bond acceptors (Lipinski definition) is 10. The summed E-state index contributed by atoms with van der Waals surface area (Å²) in [7, 11) is 0. The summed E-state index contributed by atoms with van der Waals surface area (Å²) in [6.45, 7) is 3.30. The van der Waals surface area contributed by atoms with Crippen molar-refractivity contribution in [1.82, 2.24) is 24.6 Å². The van der Waals surface area contributed by atoms with Gasteiger partial charge in [-0.1, -0.05) is 29.8 Å². The molecule has 0 spiro atoms. The van der Waals surface area contributed by atoms with Crippen molar-refractivity contribution in [3.05, 3.63) is 52.8 Å². The van der Waals surface area contributed by atoms with E-state index in [1.54, 1.807) is 10.7 Å². The van der Waals surface area contributed by atoms with E-state index < -0.39 is 3.54 Å². The second-order valence-corrected chi connectivity index (χ2v) is 11.8. The number of ether oxygens (including phenoxy) is 2. The van der Waals surface area contributed by atoms with Gasteiger partial charge in [0.15, 0.2) is 3.54 Å². The summed E-state index contributed by atoms with van der Waals surface area (Å²) in [5, 5.41) is 4.86. The fourth-order valence-corrected chi connectivity index (χ4v) is 4.98. The summed E-state index contributed by atoms with van der Waals surface area (Å²) < 4.78 is 12.3. The highest BCUT2D eigenvalue weighted by Gasteiger charge is 2.38. The number of nitrogens with zero attached hydrogens (tertiary/aromatic N) is 5. The first-order valence-electron chi connectivity index (χ1n) is 10.9. The molecule has 0 amide bonds. The van der Waals surface area contributed by atoms with Gasteiger partial charge in [0.05, 0.1) is 18.4 Å². The number of rotatable bonds is 8. The lowest BCUT2D eigenvalue weighted by Crippen LogP contribution is -2.39. The van der Waals surface area contributed by atoms with E-state index in [1.807, 2.05) is 30.5 Å². The van der Waals surface area contributed by atoms with Gasteiger partial charge in [-0.25, -0.2) is 14.6 Å². The zero-order valence-electron chi connectivity index (χ0n) is 18.2. The quantitative estimate of drug-likeness (QED) is 0.199. The third-order valence-electron chi connectivity index (χ3n) is 6.06. The first kappa shape index (κ1) is 24.1. The molecular formula is C22H25ClN6O2S3. The van der Waals surface area contributed by atoms with Crippen molar-refractivity contribution in [3.8, 4) is 17.1 Å². The zero-order valence-corrected chi connectivity index (χ0v) is 21.7. The number of nitrogens with two attached hydrogens (primary N) is 1. The Bertz CT molecular complexity index is 1170. The number of morpholine rings is 1. The van der Waals surface area contributed by atoms with E-state index >= 15 is 0 Å². The van der Waals surface area contributed by atoms with E-state index in [0.717, 1.165) is 43.0 Å². The molecule has 2 aliphatic heterocycles. The molecule has 2 N–H and O–H groups in total. The number of fused-ring (bicyclic) bond motifs is 2. The lowest BCUT2D eigenvalue weighted by atomic mass is 10.0. The molecule has 2 atom stereocenters. The number of hydrogen-bond donors (Lipinski definition) is 4. The number of aromatic nitrogens is 4. The van der Waals surface area contributed by atoms with Crippen LogP contribution in [-0.2, 0) is 14.7 Å². The molecule has 0 aliphatic carbocycles. The molecule has 0 radical (unpaired) electrons. The number of thiol groups is 3. The minimum absolute atomic E-state index is 0.0710. The Labute approximate surface area is 219 Å². The van der Waals surface area contributed by atoms with Crippen molar-refractivity contribution < 1.29 is 9.47 Å². The Balaban J connectivity index is 1.38. The van der Waals surface area contributed by atoms with Crippen molar-refractivity contribution >= 4 is 55.4 Å². The molecule has 0 saturated carbocycles. The maximum Gasteiger partial charge on any atom is 0.222 e. The van der Waals surface area contributed by atoms with Gasteiger partial charge >= 0.3 is 0 Å². The fourth-order valence-electron chi connectivity index (χ4n) is 4.49. The molecule has 1 aromatic carbocycles. The summed E-state index contributed by atoms with van der Waals surface area (Å²) in [4.78, 5) is 10.7. The smallest absolute Gasteiger partial charge is 0.222 e. The molecule has 0 unspecified atom stereocenters.